The highest BCUT2D eigenvalue weighted by molar-refractivity contribution is 7.98. The minimum atomic E-state index is -1.07. The third-order valence-electron chi connectivity index (χ3n) is 12.5. The van der Waals surface area contributed by atoms with Crippen molar-refractivity contribution in [2.75, 3.05) is 75.7 Å². The topological polar surface area (TPSA) is 142 Å². The van der Waals surface area contributed by atoms with Crippen molar-refractivity contribution < 1.29 is 38.1 Å². The Balaban J connectivity index is 0.866. The smallest absolute Gasteiger partial charge is 0.334 e. The van der Waals surface area contributed by atoms with Crippen molar-refractivity contribution in [3.8, 4) is 11.5 Å². The molecule has 4 heterocycles. The molecule has 2 unspecified atom stereocenters. The minimum Gasteiger partial charge on any atom is -0.450 e. The maximum Gasteiger partial charge on any atom is 0.334 e. The Hall–Kier alpha value is -5.68. The molecule has 0 spiro atoms. The van der Waals surface area contributed by atoms with Gasteiger partial charge in [-0.15, -0.1) is 23.5 Å². The van der Waals surface area contributed by atoms with Crippen molar-refractivity contribution in [1.82, 2.24) is 20.4 Å². The minimum absolute atomic E-state index is 0.189. The van der Waals surface area contributed by atoms with E-state index >= 15 is 0 Å². The highest BCUT2D eigenvalue weighted by atomic mass is 32.2. The molecule has 2 fully saturated rings. The average molecular weight is 935 g/mol. The van der Waals surface area contributed by atoms with Gasteiger partial charge in [0.1, 0.15) is 0 Å². The van der Waals surface area contributed by atoms with E-state index in [0.29, 0.717) is 47.1 Å². The molecule has 2 N–H and O–H groups in total. The monoisotopic (exact) mass is 934 g/mol. The third kappa shape index (κ3) is 11.5. The number of carbonyl (C=O) groups excluding carboxylic acids is 4. The predicted molar refractivity (Wildman–Crippen MR) is 258 cm³/mol. The van der Waals surface area contributed by atoms with E-state index in [-0.39, 0.29) is 37.0 Å². The molecule has 4 aromatic rings. The Kier molecular flexibility index (Phi) is 15.4. The summed E-state index contributed by atoms with van der Waals surface area (Å²) < 4.78 is 23.7. The largest absolute Gasteiger partial charge is 0.450 e. The van der Waals surface area contributed by atoms with Gasteiger partial charge in [-0.1, -0.05) is 60.7 Å². The summed E-state index contributed by atoms with van der Waals surface area (Å²) in [7, 11) is 3.68. The van der Waals surface area contributed by atoms with Crippen LogP contribution in [0.3, 0.4) is 0 Å². The first kappa shape index (κ1) is 46.8. The van der Waals surface area contributed by atoms with Crippen LogP contribution in [0.25, 0.3) is 0 Å². The number of likely N-dealkylation sites (tertiary alicyclic amines) is 2. The number of benzene rings is 4. The number of fused-ring (bicyclic) bond motifs is 2. The predicted octanol–water partition coefficient (Wildman–Crippen LogP) is 6.57. The second kappa shape index (κ2) is 21.7. The van der Waals surface area contributed by atoms with Crippen LogP contribution in [0.1, 0.15) is 57.5 Å². The van der Waals surface area contributed by atoms with Gasteiger partial charge in [0.05, 0.1) is 35.6 Å². The van der Waals surface area contributed by atoms with E-state index in [0.717, 1.165) is 73.8 Å². The zero-order valence-corrected chi connectivity index (χ0v) is 39.5. The first-order chi connectivity index (χ1) is 32.0. The number of hydrogen-bond acceptors (Lipinski definition) is 14. The molecule has 0 saturated carbocycles. The van der Waals surface area contributed by atoms with Gasteiger partial charge < -0.3 is 39.4 Å². The fourth-order valence-corrected chi connectivity index (χ4v) is 9.99. The Morgan fingerprint density at radius 3 is 1.44 bits per heavy atom. The van der Waals surface area contributed by atoms with Crippen molar-refractivity contribution >= 4 is 58.7 Å². The maximum atomic E-state index is 13.9. The molecule has 16 heteroatoms. The molecule has 348 valence electrons. The van der Waals surface area contributed by atoms with Gasteiger partial charge in [0.2, 0.25) is 0 Å². The first-order valence-electron chi connectivity index (χ1n) is 22.5. The summed E-state index contributed by atoms with van der Waals surface area (Å²) in [6, 6.07) is 28.5. The van der Waals surface area contributed by atoms with Gasteiger partial charge in [-0.2, -0.15) is 0 Å². The Bertz CT molecular complexity index is 2240. The van der Waals surface area contributed by atoms with Crippen molar-refractivity contribution in [2.45, 2.75) is 73.2 Å². The van der Waals surface area contributed by atoms with E-state index in [1.807, 2.05) is 84.9 Å². The fourth-order valence-electron chi connectivity index (χ4n) is 9.06. The second-order valence-corrected chi connectivity index (χ2v) is 18.8. The van der Waals surface area contributed by atoms with E-state index in [1.165, 1.54) is 34.7 Å². The molecule has 2 saturated heterocycles. The van der Waals surface area contributed by atoms with Crippen LogP contribution in [0.2, 0.25) is 0 Å². The molecule has 4 aliphatic heterocycles. The number of esters is 2. The normalized spacial score (nSPS) is 20.5. The van der Waals surface area contributed by atoms with Gasteiger partial charge in [0.25, 0.3) is 24.4 Å². The van der Waals surface area contributed by atoms with Crippen LogP contribution in [0, 0.1) is 0 Å². The number of nitrogens with zero attached hydrogens (tertiary/aromatic N) is 4. The number of thioether (sulfide) groups is 2. The molecular weight excluding hydrogens is 877 g/mol. The lowest BCUT2D eigenvalue weighted by Gasteiger charge is -2.34. The number of ether oxygens (including phenoxy) is 4. The van der Waals surface area contributed by atoms with Crippen LogP contribution in [0.4, 0.5) is 11.4 Å². The summed E-state index contributed by atoms with van der Waals surface area (Å²) in [5.74, 6) is -1.59. The lowest BCUT2D eigenvalue weighted by Crippen LogP contribution is -2.42. The molecule has 0 radical (unpaired) electrons. The quantitative estimate of drug-likeness (QED) is 0.0711. The first-order valence-corrected chi connectivity index (χ1v) is 24.9. The molecular formula is C50H58N6O8S2. The van der Waals surface area contributed by atoms with E-state index in [1.54, 1.807) is 12.1 Å². The summed E-state index contributed by atoms with van der Waals surface area (Å²) in [4.78, 5) is 64.3. The molecule has 66 heavy (non-hydrogen) atoms. The van der Waals surface area contributed by atoms with Gasteiger partial charge in [-0.3, -0.25) is 19.4 Å². The molecule has 0 aromatic heterocycles. The summed E-state index contributed by atoms with van der Waals surface area (Å²) in [5.41, 5.74) is 4.57. The van der Waals surface area contributed by atoms with Crippen LogP contribution < -0.4 is 29.9 Å². The van der Waals surface area contributed by atoms with E-state index in [2.05, 4.69) is 44.7 Å². The lowest BCUT2D eigenvalue weighted by atomic mass is 10.1. The standard InChI is InChI=1S/C50H58N6O8S2/c1-53-31-45(63-47-39(23-37(65-3)25-41(47)53)49(59)51-27-35-17-11-21-55(35)29-33-13-7-5-8-14-33)61-43(57)19-20-44(58)62-46-32-54(2)42-26-38(66-4)24-40(48(42)64-46)50(60)52-28-36-18-12-22-56(36)30-34-15-9-6-10-16-34/h5-10,13-16,19-20,23-26,35-36,45-46H,11-12,17-18,21-22,27-32H2,1-4H3,(H,51,59)(H,52,60)/b20-19+/t35?,36?,45-,46-/m0/s1. The van der Waals surface area contributed by atoms with Crippen molar-refractivity contribution in [3.05, 3.63) is 119 Å². The zero-order valence-electron chi connectivity index (χ0n) is 37.9. The lowest BCUT2D eigenvalue weighted by molar-refractivity contribution is -0.160. The number of nitrogens with one attached hydrogen (secondary N) is 2. The van der Waals surface area contributed by atoms with Crippen molar-refractivity contribution in [2.24, 2.45) is 0 Å². The van der Waals surface area contributed by atoms with Crippen LogP contribution in [0.5, 0.6) is 11.5 Å². The Labute approximate surface area is 395 Å². The van der Waals surface area contributed by atoms with Crippen molar-refractivity contribution in [1.29, 1.82) is 0 Å². The maximum absolute atomic E-state index is 13.9. The molecule has 14 nitrogen and oxygen atoms in total. The molecule has 4 aromatic carbocycles. The number of rotatable bonds is 16. The van der Waals surface area contributed by atoms with Gasteiger partial charge in [-0.25, -0.2) is 9.59 Å². The zero-order chi connectivity index (χ0) is 46.2. The Morgan fingerprint density at radius 1 is 0.636 bits per heavy atom. The number of hydrogen-bond donors (Lipinski definition) is 2. The van der Waals surface area contributed by atoms with E-state index < -0.39 is 24.5 Å². The summed E-state index contributed by atoms with van der Waals surface area (Å²) in [6.07, 6.45) is 7.81. The molecule has 2 amide bonds. The average Bonchev–Trinajstić information content (AvgIpc) is 3.97. The van der Waals surface area contributed by atoms with Crippen LogP contribution in [0.15, 0.2) is 107 Å². The Morgan fingerprint density at radius 2 is 1.05 bits per heavy atom. The summed E-state index contributed by atoms with van der Waals surface area (Å²) in [6.45, 7) is 4.93. The number of amides is 2. The fraction of sp³-hybridized carbons (Fsp3) is 0.400. The van der Waals surface area contributed by atoms with Crippen LogP contribution >= 0.6 is 23.5 Å². The van der Waals surface area contributed by atoms with E-state index in [9.17, 15) is 19.2 Å². The molecule has 0 bridgehead atoms. The summed E-state index contributed by atoms with van der Waals surface area (Å²) >= 11 is 3.04. The molecule has 4 atom stereocenters. The van der Waals surface area contributed by atoms with E-state index in [4.69, 9.17) is 18.9 Å². The summed E-state index contributed by atoms with van der Waals surface area (Å²) in [5, 5.41) is 6.29. The molecule has 8 rings (SSSR count). The second-order valence-electron chi connectivity index (χ2n) is 17.0. The van der Waals surface area contributed by atoms with Crippen LogP contribution in [-0.4, -0.2) is 124 Å². The van der Waals surface area contributed by atoms with Crippen LogP contribution in [-0.2, 0) is 32.2 Å². The van der Waals surface area contributed by atoms with Gasteiger partial charge in [-0.05, 0) is 86.7 Å². The highest BCUT2D eigenvalue weighted by Crippen LogP contribution is 2.41. The number of anilines is 2. The highest BCUT2D eigenvalue weighted by Gasteiger charge is 2.34. The number of likely N-dealkylation sites (N-methyl/N-ethyl adjacent to an activating group) is 2. The molecule has 4 aliphatic rings. The van der Waals surface area contributed by atoms with Gasteiger partial charge in [0.15, 0.2) is 11.5 Å². The molecule has 0 aliphatic carbocycles. The SMILES string of the molecule is CSc1cc(C(=O)NCC2CCCN2Cc2ccccc2)c2c(c1)N(C)C[C@@H](OC(=O)/C=C/C(=O)O[C@@H]1CN(C)c3cc(SC)cc(C(=O)NCC4CCCN4Cc4ccccc4)c3O1)O2. The van der Waals surface area contributed by atoms with Gasteiger partial charge >= 0.3 is 11.9 Å². The number of carbonyl (C=O) groups is 4. The van der Waals surface area contributed by atoms with Crippen molar-refractivity contribution in [3.63, 3.8) is 0 Å². The third-order valence-corrected chi connectivity index (χ3v) is 13.9. The van der Waals surface area contributed by atoms with Gasteiger partial charge in [0, 0.05) is 74.3 Å².